The molecule has 162 valence electrons. The maximum absolute atomic E-state index is 13.4. The summed E-state index contributed by atoms with van der Waals surface area (Å²) >= 11 is 0. The van der Waals surface area contributed by atoms with E-state index in [4.69, 9.17) is 4.42 Å². The van der Waals surface area contributed by atoms with Crippen molar-refractivity contribution in [3.8, 4) is 22.3 Å². The Kier molecular flexibility index (Phi) is 3.99. The zero-order valence-electron chi connectivity index (χ0n) is 18.1. The first-order valence-electron chi connectivity index (χ1n) is 11.2. The van der Waals surface area contributed by atoms with Crippen LogP contribution in [0.2, 0.25) is 0 Å². The number of aromatic nitrogens is 2. The lowest BCUT2D eigenvalue weighted by atomic mass is 9.93. The minimum absolute atomic E-state index is 0.120. The molecule has 3 aromatic heterocycles. The number of amides is 1. The number of benzene rings is 3. The molecule has 5 nitrogen and oxygen atoms in total. The van der Waals surface area contributed by atoms with E-state index < -0.39 is 0 Å². The zero-order valence-corrected chi connectivity index (χ0v) is 18.1. The maximum Gasteiger partial charge on any atom is 0.252 e. The number of aromatic amines is 1. The van der Waals surface area contributed by atoms with Gasteiger partial charge in [-0.25, -0.2) is 4.98 Å². The largest absolute Gasteiger partial charge is 0.464 e. The Morgan fingerprint density at radius 3 is 2.76 bits per heavy atom. The molecule has 0 fully saturated rings. The fourth-order valence-electron chi connectivity index (χ4n) is 5.15. The highest BCUT2D eigenvalue weighted by molar-refractivity contribution is 6.06. The first-order valence-corrected chi connectivity index (χ1v) is 11.2. The van der Waals surface area contributed by atoms with Gasteiger partial charge < -0.3 is 14.7 Å². The summed E-state index contributed by atoms with van der Waals surface area (Å²) in [7, 11) is 0. The Hall–Kier alpha value is -4.64. The molecule has 1 unspecified atom stereocenters. The number of fused-ring (bicyclic) bond motifs is 5. The molecule has 0 bridgehead atoms. The van der Waals surface area contributed by atoms with Crippen LogP contribution >= 0.6 is 0 Å². The van der Waals surface area contributed by atoms with Crippen molar-refractivity contribution >= 4 is 27.9 Å². The number of carbonyl (C=O) groups excluding carboxylic acids is 1. The van der Waals surface area contributed by atoms with E-state index in [-0.39, 0.29) is 11.9 Å². The topological polar surface area (TPSA) is 70.9 Å². The SMILES string of the molecule is O=C(NC1c2ccccc2-c2c(-c3ccc4occc4c3)cccc21)c1ccnc2[nH]ccc12. The summed E-state index contributed by atoms with van der Waals surface area (Å²) in [5, 5.41) is 5.18. The summed E-state index contributed by atoms with van der Waals surface area (Å²) in [4.78, 5) is 20.8. The molecule has 3 heterocycles. The van der Waals surface area contributed by atoms with Crippen LogP contribution in [-0.4, -0.2) is 15.9 Å². The number of pyridine rings is 1. The van der Waals surface area contributed by atoms with E-state index in [0.29, 0.717) is 11.2 Å². The predicted octanol–water partition coefficient (Wildman–Crippen LogP) is 6.48. The normalized spacial score (nSPS) is 14.3. The van der Waals surface area contributed by atoms with Crippen molar-refractivity contribution in [2.75, 3.05) is 0 Å². The van der Waals surface area contributed by atoms with Crippen molar-refractivity contribution in [3.05, 3.63) is 114 Å². The molecular formula is C29H19N3O2. The van der Waals surface area contributed by atoms with Gasteiger partial charge in [-0.05, 0) is 63.7 Å². The Morgan fingerprint density at radius 2 is 1.79 bits per heavy atom. The van der Waals surface area contributed by atoms with Crippen LogP contribution in [-0.2, 0) is 0 Å². The Balaban J connectivity index is 1.36. The highest BCUT2D eigenvalue weighted by Gasteiger charge is 2.32. The molecule has 0 radical (unpaired) electrons. The minimum Gasteiger partial charge on any atom is -0.464 e. The number of furan rings is 1. The molecule has 0 saturated heterocycles. The lowest BCUT2D eigenvalue weighted by Crippen LogP contribution is -2.28. The number of H-pyrrole nitrogens is 1. The van der Waals surface area contributed by atoms with Crippen molar-refractivity contribution in [1.82, 2.24) is 15.3 Å². The van der Waals surface area contributed by atoms with Crippen LogP contribution in [0.15, 0.2) is 102 Å². The van der Waals surface area contributed by atoms with Gasteiger partial charge in [-0.1, -0.05) is 48.5 Å². The quantitative estimate of drug-likeness (QED) is 0.330. The van der Waals surface area contributed by atoms with Gasteiger partial charge in [0.2, 0.25) is 0 Å². The number of carbonyl (C=O) groups is 1. The summed E-state index contributed by atoms with van der Waals surface area (Å²) in [5.74, 6) is -0.120. The number of nitrogens with zero attached hydrogens (tertiary/aromatic N) is 1. The fourth-order valence-corrected chi connectivity index (χ4v) is 5.15. The molecule has 1 atom stereocenters. The van der Waals surface area contributed by atoms with Crippen molar-refractivity contribution in [2.45, 2.75) is 6.04 Å². The number of nitrogens with one attached hydrogen (secondary N) is 2. The Labute approximate surface area is 195 Å². The standard InChI is InChI=1S/C29H19N3O2/c33-29(23-11-14-31-28-22(23)10-13-30-28)32-27-21-5-2-1-4-20(21)26-19(6-3-7-24(26)27)17-8-9-25-18(16-17)12-15-34-25/h1-16,27H,(H,30,31)(H,32,33). The summed E-state index contributed by atoms with van der Waals surface area (Å²) in [5.41, 5.74) is 8.95. The second-order valence-electron chi connectivity index (χ2n) is 8.54. The van der Waals surface area contributed by atoms with Gasteiger partial charge in [-0.2, -0.15) is 0 Å². The lowest BCUT2D eigenvalue weighted by molar-refractivity contribution is 0.0945. The number of hydrogen-bond acceptors (Lipinski definition) is 3. The van der Waals surface area contributed by atoms with Gasteiger partial charge in [0.25, 0.3) is 5.91 Å². The first-order chi connectivity index (χ1) is 16.8. The molecule has 1 aliphatic carbocycles. The summed E-state index contributed by atoms with van der Waals surface area (Å²) in [6, 6.07) is 26.3. The molecule has 1 amide bonds. The van der Waals surface area contributed by atoms with E-state index in [2.05, 4.69) is 63.8 Å². The summed E-state index contributed by atoms with van der Waals surface area (Å²) in [6.45, 7) is 0. The van der Waals surface area contributed by atoms with E-state index in [0.717, 1.165) is 49.7 Å². The third-order valence-electron chi connectivity index (χ3n) is 6.69. The average Bonchev–Trinajstić information content (AvgIpc) is 3.61. The van der Waals surface area contributed by atoms with Crippen LogP contribution in [0.3, 0.4) is 0 Å². The molecule has 0 spiro atoms. The molecular weight excluding hydrogens is 422 g/mol. The molecule has 34 heavy (non-hydrogen) atoms. The molecule has 1 aliphatic rings. The minimum atomic E-state index is -0.238. The van der Waals surface area contributed by atoms with E-state index >= 15 is 0 Å². The van der Waals surface area contributed by atoms with Gasteiger partial charge in [-0.3, -0.25) is 4.79 Å². The van der Waals surface area contributed by atoms with Gasteiger partial charge in [0.1, 0.15) is 11.2 Å². The molecule has 2 N–H and O–H groups in total. The molecule has 0 saturated carbocycles. The second kappa shape index (κ2) is 7.18. The predicted molar refractivity (Wildman–Crippen MR) is 132 cm³/mol. The van der Waals surface area contributed by atoms with Crippen LogP contribution in [0.4, 0.5) is 0 Å². The van der Waals surface area contributed by atoms with E-state index in [9.17, 15) is 4.79 Å². The van der Waals surface area contributed by atoms with E-state index in [1.807, 2.05) is 24.3 Å². The van der Waals surface area contributed by atoms with Gasteiger partial charge in [0.15, 0.2) is 0 Å². The van der Waals surface area contributed by atoms with Crippen LogP contribution < -0.4 is 5.32 Å². The second-order valence-corrected chi connectivity index (χ2v) is 8.54. The average molecular weight is 441 g/mol. The van der Waals surface area contributed by atoms with Crippen LogP contribution in [0.5, 0.6) is 0 Å². The lowest BCUT2D eigenvalue weighted by Gasteiger charge is -2.17. The van der Waals surface area contributed by atoms with Crippen molar-refractivity contribution in [3.63, 3.8) is 0 Å². The van der Waals surface area contributed by atoms with E-state index in [1.54, 1.807) is 24.7 Å². The smallest absolute Gasteiger partial charge is 0.252 e. The molecule has 3 aromatic carbocycles. The van der Waals surface area contributed by atoms with Crippen molar-refractivity contribution < 1.29 is 9.21 Å². The Bertz CT molecular complexity index is 1730. The van der Waals surface area contributed by atoms with Crippen molar-refractivity contribution in [1.29, 1.82) is 0 Å². The monoisotopic (exact) mass is 441 g/mol. The van der Waals surface area contributed by atoms with Crippen LogP contribution in [0.25, 0.3) is 44.3 Å². The molecule has 0 aliphatic heterocycles. The molecule has 5 heteroatoms. The molecule has 7 rings (SSSR count). The maximum atomic E-state index is 13.4. The van der Waals surface area contributed by atoms with Crippen LogP contribution in [0, 0.1) is 0 Å². The fraction of sp³-hybridized carbons (Fsp3) is 0.0345. The van der Waals surface area contributed by atoms with Gasteiger partial charge in [0, 0.05) is 23.2 Å². The van der Waals surface area contributed by atoms with Gasteiger partial charge in [-0.15, -0.1) is 0 Å². The van der Waals surface area contributed by atoms with Gasteiger partial charge in [0.05, 0.1) is 17.9 Å². The third-order valence-corrected chi connectivity index (χ3v) is 6.69. The van der Waals surface area contributed by atoms with E-state index in [1.165, 1.54) is 0 Å². The summed E-state index contributed by atoms with van der Waals surface area (Å²) < 4.78 is 5.53. The summed E-state index contributed by atoms with van der Waals surface area (Å²) in [6.07, 6.45) is 5.18. The number of hydrogen-bond donors (Lipinski definition) is 2. The highest BCUT2D eigenvalue weighted by Crippen LogP contribution is 2.48. The Morgan fingerprint density at radius 1 is 0.912 bits per heavy atom. The zero-order chi connectivity index (χ0) is 22.6. The van der Waals surface area contributed by atoms with Crippen LogP contribution in [0.1, 0.15) is 27.5 Å². The molecule has 6 aromatic rings. The first kappa shape index (κ1) is 18.9. The van der Waals surface area contributed by atoms with Gasteiger partial charge >= 0.3 is 0 Å². The highest BCUT2D eigenvalue weighted by atomic mass is 16.3. The number of rotatable bonds is 3. The van der Waals surface area contributed by atoms with Crippen molar-refractivity contribution in [2.24, 2.45) is 0 Å². The third kappa shape index (κ3) is 2.74.